The van der Waals surface area contributed by atoms with Gasteiger partial charge in [0.1, 0.15) is 11.9 Å². The third-order valence-electron chi connectivity index (χ3n) is 2.21. The van der Waals surface area contributed by atoms with Crippen molar-refractivity contribution in [2.24, 2.45) is 0 Å². The quantitative estimate of drug-likeness (QED) is 0.824. The summed E-state index contributed by atoms with van der Waals surface area (Å²) >= 11 is 0. The van der Waals surface area contributed by atoms with Gasteiger partial charge in [0.25, 0.3) is 5.91 Å². The Balaban J connectivity index is 2.67. The van der Waals surface area contributed by atoms with E-state index in [1.807, 2.05) is 0 Å². The zero-order valence-corrected chi connectivity index (χ0v) is 9.79. The molecule has 0 saturated heterocycles. The van der Waals surface area contributed by atoms with E-state index in [0.29, 0.717) is 6.54 Å². The Hall–Kier alpha value is -1.91. The molecule has 1 aromatic rings. The molecule has 17 heavy (non-hydrogen) atoms. The summed E-state index contributed by atoms with van der Waals surface area (Å²) in [6, 6.07) is 4.94. The predicted molar refractivity (Wildman–Crippen MR) is 62.0 cm³/mol. The van der Waals surface area contributed by atoms with Crippen LogP contribution in [0.3, 0.4) is 0 Å². The minimum absolute atomic E-state index is 0.0661. The summed E-state index contributed by atoms with van der Waals surface area (Å²) in [4.78, 5) is 23.0. The molecule has 1 unspecified atom stereocenters. The highest BCUT2D eigenvalue weighted by atomic mass is 19.1. The van der Waals surface area contributed by atoms with Crippen LogP contribution in [0.4, 0.5) is 4.39 Å². The van der Waals surface area contributed by atoms with Gasteiger partial charge in [-0.25, -0.2) is 4.39 Å². The van der Waals surface area contributed by atoms with E-state index in [4.69, 9.17) is 0 Å². The Morgan fingerprint density at radius 2 is 2.00 bits per heavy atom. The van der Waals surface area contributed by atoms with E-state index in [9.17, 15) is 14.0 Å². The highest BCUT2D eigenvalue weighted by Crippen LogP contribution is 2.06. The molecule has 0 spiro atoms. The number of likely N-dealkylation sites (N-methyl/N-ethyl adjacent to an activating group) is 1. The molecule has 1 rings (SSSR count). The fraction of sp³-hybridized carbons (Fsp3) is 0.333. The number of carbonyl (C=O) groups excluding carboxylic acids is 2. The van der Waals surface area contributed by atoms with E-state index in [1.165, 1.54) is 18.2 Å². The number of nitrogens with one attached hydrogen (secondary N) is 2. The Morgan fingerprint density at radius 3 is 2.59 bits per heavy atom. The van der Waals surface area contributed by atoms with E-state index < -0.39 is 17.8 Å². The maximum atomic E-state index is 13.3. The largest absolute Gasteiger partial charge is 0.355 e. The highest BCUT2D eigenvalue weighted by Gasteiger charge is 2.17. The number of hydrogen-bond acceptors (Lipinski definition) is 2. The molecule has 1 aromatic carbocycles. The molecule has 0 aromatic heterocycles. The van der Waals surface area contributed by atoms with Crippen molar-refractivity contribution in [3.05, 3.63) is 35.6 Å². The topological polar surface area (TPSA) is 58.2 Å². The lowest BCUT2D eigenvalue weighted by atomic mass is 10.2. The molecule has 0 aliphatic carbocycles. The second-order valence-electron chi connectivity index (χ2n) is 3.57. The molecule has 0 heterocycles. The SMILES string of the molecule is CCNC(=O)C(C)NC(=O)c1ccccc1F. The number of hydrogen-bond donors (Lipinski definition) is 2. The van der Waals surface area contributed by atoms with E-state index in [2.05, 4.69) is 10.6 Å². The second kappa shape index (κ2) is 5.98. The first-order chi connectivity index (χ1) is 8.06. The lowest BCUT2D eigenvalue weighted by Gasteiger charge is -2.13. The van der Waals surface area contributed by atoms with Crippen LogP contribution in [0.5, 0.6) is 0 Å². The van der Waals surface area contributed by atoms with Gasteiger partial charge >= 0.3 is 0 Å². The molecule has 0 aliphatic heterocycles. The first-order valence-electron chi connectivity index (χ1n) is 5.39. The number of carbonyl (C=O) groups is 2. The van der Waals surface area contributed by atoms with Crippen molar-refractivity contribution in [2.45, 2.75) is 19.9 Å². The van der Waals surface area contributed by atoms with Crippen LogP contribution >= 0.6 is 0 Å². The normalized spacial score (nSPS) is 11.7. The maximum Gasteiger partial charge on any atom is 0.254 e. The fourth-order valence-electron chi connectivity index (χ4n) is 1.31. The Bertz CT molecular complexity index is 421. The van der Waals surface area contributed by atoms with E-state index in [0.717, 1.165) is 0 Å². The van der Waals surface area contributed by atoms with Gasteiger partial charge in [-0.15, -0.1) is 0 Å². The first kappa shape index (κ1) is 13.2. The van der Waals surface area contributed by atoms with Crippen molar-refractivity contribution in [3.8, 4) is 0 Å². The minimum Gasteiger partial charge on any atom is -0.355 e. The van der Waals surface area contributed by atoms with Crippen LogP contribution in [0.25, 0.3) is 0 Å². The summed E-state index contributed by atoms with van der Waals surface area (Å²) in [6.45, 7) is 3.81. The number of benzene rings is 1. The van der Waals surface area contributed by atoms with Gasteiger partial charge in [-0.2, -0.15) is 0 Å². The van der Waals surface area contributed by atoms with Gasteiger partial charge in [-0.05, 0) is 26.0 Å². The molecule has 2 N–H and O–H groups in total. The summed E-state index contributed by atoms with van der Waals surface area (Å²) in [7, 11) is 0. The molecule has 0 bridgehead atoms. The summed E-state index contributed by atoms with van der Waals surface area (Å²) in [5.74, 6) is -1.49. The zero-order valence-electron chi connectivity index (χ0n) is 9.79. The van der Waals surface area contributed by atoms with Crippen LogP contribution in [0, 0.1) is 5.82 Å². The molecule has 5 heteroatoms. The molecule has 2 amide bonds. The third kappa shape index (κ3) is 3.55. The van der Waals surface area contributed by atoms with Gasteiger partial charge in [0, 0.05) is 6.54 Å². The fourth-order valence-corrected chi connectivity index (χ4v) is 1.31. The van der Waals surface area contributed by atoms with E-state index in [1.54, 1.807) is 19.9 Å². The van der Waals surface area contributed by atoms with Crippen molar-refractivity contribution in [2.75, 3.05) is 6.54 Å². The number of amides is 2. The molecule has 0 saturated carbocycles. The van der Waals surface area contributed by atoms with Gasteiger partial charge in [0.2, 0.25) is 5.91 Å². The lowest BCUT2D eigenvalue weighted by Crippen LogP contribution is -2.44. The lowest BCUT2D eigenvalue weighted by molar-refractivity contribution is -0.122. The number of rotatable bonds is 4. The van der Waals surface area contributed by atoms with Crippen LogP contribution in [0.2, 0.25) is 0 Å². The van der Waals surface area contributed by atoms with Crippen LogP contribution < -0.4 is 10.6 Å². The predicted octanol–water partition coefficient (Wildman–Crippen LogP) is 1.08. The van der Waals surface area contributed by atoms with Crippen molar-refractivity contribution < 1.29 is 14.0 Å². The average Bonchev–Trinajstić information content (AvgIpc) is 2.29. The molecule has 0 fully saturated rings. The van der Waals surface area contributed by atoms with Gasteiger partial charge in [-0.3, -0.25) is 9.59 Å². The van der Waals surface area contributed by atoms with Crippen LogP contribution in [0.15, 0.2) is 24.3 Å². The number of halogens is 1. The van der Waals surface area contributed by atoms with Gasteiger partial charge < -0.3 is 10.6 Å². The first-order valence-corrected chi connectivity index (χ1v) is 5.39. The average molecular weight is 238 g/mol. The Morgan fingerprint density at radius 1 is 1.35 bits per heavy atom. The van der Waals surface area contributed by atoms with E-state index >= 15 is 0 Å². The van der Waals surface area contributed by atoms with Crippen molar-refractivity contribution >= 4 is 11.8 Å². The summed E-state index contributed by atoms with van der Waals surface area (Å²) < 4.78 is 13.3. The smallest absolute Gasteiger partial charge is 0.254 e. The van der Waals surface area contributed by atoms with Crippen LogP contribution in [-0.2, 0) is 4.79 Å². The molecular weight excluding hydrogens is 223 g/mol. The van der Waals surface area contributed by atoms with Gasteiger partial charge in [-0.1, -0.05) is 12.1 Å². The van der Waals surface area contributed by atoms with Gasteiger partial charge in [0.05, 0.1) is 5.56 Å². The Labute approximate surface area is 99.2 Å². The molecule has 0 radical (unpaired) electrons. The molecule has 92 valence electrons. The maximum absolute atomic E-state index is 13.3. The summed E-state index contributed by atoms with van der Waals surface area (Å²) in [5, 5.41) is 5.00. The van der Waals surface area contributed by atoms with Gasteiger partial charge in [0.15, 0.2) is 0 Å². The third-order valence-corrected chi connectivity index (χ3v) is 2.21. The van der Waals surface area contributed by atoms with Crippen LogP contribution in [-0.4, -0.2) is 24.4 Å². The second-order valence-corrected chi connectivity index (χ2v) is 3.57. The molecule has 1 atom stereocenters. The standard InChI is InChI=1S/C12H15FN2O2/c1-3-14-11(16)8(2)15-12(17)9-6-4-5-7-10(9)13/h4-8H,3H2,1-2H3,(H,14,16)(H,15,17). The minimum atomic E-state index is -0.693. The van der Waals surface area contributed by atoms with Crippen LogP contribution in [0.1, 0.15) is 24.2 Å². The van der Waals surface area contributed by atoms with Crippen molar-refractivity contribution in [1.82, 2.24) is 10.6 Å². The Kier molecular flexibility index (Phi) is 4.63. The molecule has 0 aliphatic rings. The molecular formula is C12H15FN2O2. The van der Waals surface area contributed by atoms with E-state index in [-0.39, 0.29) is 11.5 Å². The monoisotopic (exact) mass is 238 g/mol. The highest BCUT2D eigenvalue weighted by molar-refractivity contribution is 5.97. The zero-order chi connectivity index (χ0) is 12.8. The molecule has 4 nitrogen and oxygen atoms in total. The van der Waals surface area contributed by atoms with Crippen molar-refractivity contribution in [3.63, 3.8) is 0 Å². The van der Waals surface area contributed by atoms with Crippen molar-refractivity contribution in [1.29, 1.82) is 0 Å². The summed E-state index contributed by atoms with van der Waals surface area (Å²) in [5.41, 5.74) is -0.0661. The summed E-state index contributed by atoms with van der Waals surface area (Å²) in [6.07, 6.45) is 0.